The predicted octanol–water partition coefficient (Wildman–Crippen LogP) is 5.02. The van der Waals surface area contributed by atoms with Gasteiger partial charge in [0.2, 0.25) is 5.91 Å². The van der Waals surface area contributed by atoms with Gasteiger partial charge in [-0.3, -0.25) is 24.2 Å². The molecule has 3 aromatic rings. The van der Waals surface area contributed by atoms with Crippen LogP contribution in [0.2, 0.25) is 0 Å². The van der Waals surface area contributed by atoms with Crippen molar-refractivity contribution in [1.29, 1.82) is 0 Å². The molecular weight excluding hydrogens is 534 g/mol. The van der Waals surface area contributed by atoms with E-state index in [0.29, 0.717) is 32.8 Å². The van der Waals surface area contributed by atoms with Gasteiger partial charge in [0.15, 0.2) is 0 Å². The molecule has 1 atom stereocenters. The monoisotopic (exact) mass is 559 g/mol. The van der Waals surface area contributed by atoms with Gasteiger partial charge in [-0.15, -0.1) is 0 Å². The minimum absolute atomic E-state index is 0.250. The number of carbonyl (C=O) groups is 3. The van der Waals surface area contributed by atoms with Crippen molar-refractivity contribution in [2.75, 3.05) is 31.0 Å². The molecule has 10 heteroatoms. The first-order chi connectivity index (χ1) is 18.8. The smallest absolute Gasteiger partial charge is 0.267 e. The minimum Gasteiger partial charge on any atom is -0.497 e. The van der Waals surface area contributed by atoms with Crippen LogP contribution in [0.5, 0.6) is 11.5 Å². The third kappa shape index (κ3) is 4.88. The van der Waals surface area contributed by atoms with Crippen molar-refractivity contribution >= 4 is 63.0 Å². The van der Waals surface area contributed by atoms with Gasteiger partial charge >= 0.3 is 0 Å². The Hall–Kier alpha value is -4.15. The largest absolute Gasteiger partial charge is 0.497 e. The van der Waals surface area contributed by atoms with Gasteiger partial charge in [0.1, 0.15) is 22.4 Å². The number of rotatable bonds is 7. The molecule has 3 aromatic carbocycles. The van der Waals surface area contributed by atoms with Gasteiger partial charge in [0.05, 0.1) is 42.1 Å². The number of nitrogens with zero attached hydrogens (tertiary/aromatic N) is 2. The third-order valence-electron chi connectivity index (χ3n) is 6.60. The van der Waals surface area contributed by atoms with Crippen LogP contribution in [-0.4, -0.2) is 47.7 Å². The van der Waals surface area contributed by atoms with Crippen LogP contribution < -0.4 is 19.7 Å². The number of anilines is 2. The number of hydrogen-bond donors (Lipinski definition) is 1. The van der Waals surface area contributed by atoms with Crippen LogP contribution in [0.15, 0.2) is 77.7 Å². The normalized spacial score (nSPS) is 17.4. The highest BCUT2D eigenvalue weighted by Crippen LogP contribution is 2.46. The lowest BCUT2D eigenvalue weighted by atomic mass is 10.1. The Morgan fingerprint density at radius 1 is 0.974 bits per heavy atom. The summed E-state index contributed by atoms with van der Waals surface area (Å²) in [6.07, 6.45) is 0. The Kier molecular flexibility index (Phi) is 7.40. The van der Waals surface area contributed by atoms with E-state index in [1.807, 2.05) is 37.3 Å². The van der Waals surface area contributed by atoms with E-state index in [2.05, 4.69) is 5.32 Å². The first kappa shape index (κ1) is 26.5. The highest BCUT2D eigenvalue weighted by atomic mass is 32.2. The molecule has 0 aliphatic carbocycles. The summed E-state index contributed by atoms with van der Waals surface area (Å²) in [6.45, 7) is 1.65. The molecule has 198 valence electrons. The molecule has 8 nitrogen and oxygen atoms in total. The SMILES string of the molecule is COc1ccc(NC(=O)CN2C(=O)/C(=C3\SC(=S)N(C(C)c4ccccc4)C3=O)c3ccccc32)c(OC)c1. The number of amides is 3. The zero-order chi connectivity index (χ0) is 27.7. The van der Waals surface area contributed by atoms with Gasteiger partial charge in [-0.2, -0.15) is 0 Å². The number of fused-ring (bicyclic) bond motifs is 1. The number of para-hydroxylation sites is 1. The highest BCUT2D eigenvalue weighted by Gasteiger charge is 2.43. The van der Waals surface area contributed by atoms with E-state index in [-0.39, 0.29) is 29.0 Å². The third-order valence-corrected chi connectivity index (χ3v) is 8.00. The van der Waals surface area contributed by atoms with E-state index >= 15 is 0 Å². The van der Waals surface area contributed by atoms with E-state index < -0.39 is 11.8 Å². The Morgan fingerprint density at radius 2 is 1.69 bits per heavy atom. The van der Waals surface area contributed by atoms with Gasteiger partial charge in [0.25, 0.3) is 11.8 Å². The first-order valence-corrected chi connectivity index (χ1v) is 13.3. The van der Waals surface area contributed by atoms with Gasteiger partial charge in [0, 0.05) is 11.6 Å². The van der Waals surface area contributed by atoms with Crippen molar-refractivity contribution in [3.8, 4) is 11.5 Å². The van der Waals surface area contributed by atoms with Crippen molar-refractivity contribution in [2.24, 2.45) is 0 Å². The summed E-state index contributed by atoms with van der Waals surface area (Å²) in [6, 6.07) is 21.4. The number of thioether (sulfide) groups is 1. The lowest BCUT2D eigenvalue weighted by Gasteiger charge is -2.23. The Bertz CT molecular complexity index is 1520. The fourth-order valence-corrected chi connectivity index (χ4v) is 6.13. The van der Waals surface area contributed by atoms with Crippen LogP contribution in [0, 0.1) is 0 Å². The second kappa shape index (κ2) is 10.9. The molecule has 0 radical (unpaired) electrons. The fraction of sp³-hybridized carbons (Fsp3) is 0.172. The van der Waals surface area contributed by atoms with Crippen LogP contribution in [0.1, 0.15) is 24.1 Å². The Balaban J connectivity index is 1.43. The maximum Gasteiger partial charge on any atom is 0.267 e. The summed E-state index contributed by atoms with van der Waals surface area (Å²) < 4.78 is 11.0. The molecule has 0 saturated carbocycles. The second-order valence-corrected chi connectivity index (χ2v) is 10.5. The number of thiocarbonyl (C=S) groups is 1. The molecule has 2 aliphatic heterocycles. The number of nitrogens with one attached hydrogen (secondary N) is 1. The summed E-state index contributed by atoms with van der Waals surface area (Å²) in [4.78, 5) is 43.7. The molecule has 2 aliphatic rings. The zero-order valence-corrected chi connectivity index (χ0v) is 23.1. The summed E-state index contributed by atoms with van der Waals surface area (Å²) in [5, 5.41) is 2.80. The van der Waals surface area contributed by atoms with Gasteiger partial charge in [-0.05, 0) is 30.7 Å². The molecule has 0 spiro atoms. The molecule has 1 fully saturated rings. The van der Waals surface area contributed by atoms with Crippen LogP contribution in [0.25, 0.3) is 5.57 Å². The maximum atomic E-state index is 13.8. The molecule has 3 amide bonds. The van der Waals surface area contributed by atoms with Crippen molar-refractivity contribution in [2.45, 2.75) is 13.0 Å². The highest BCUT2D eigenvalue weighted by molar-refractivity contribution is 8.26. The van der Waals surface area contributed by atoms with E-state index in [9.17, 15) is 14.4 Å². The quantitative estimate of drug-likeness (QED) is 0.321. The molecule has 5 rings (SSSR count). The van der Waals surface area contributed by atoms with Gasteiger partial charge in [-0.25, -0.2) is 0 Å². The first-order valence-electron chi connectivity index (χ1n) is 12.1. The average molecular weight is 560 g/mol. The molecule has 1 unspecified atom stereocenters. The van der Waals surface area contributed by atoms with Gasteiger partial charge in [-0.1, -0.05) is 72.5 Å². The molecule has 2 heterocycles. The van der Waals surface area contributed by atoms with Crippen LogP contribution >= 0.6 is 24.0 Å². The Morgan fingerprint density at radius 3 is 2.41 bits per heavy atom. The molecule has 1 saturated heterocycles. The summed E-state index contributed by atoms with van der Waals surface area (Å²) in [7, 11) is 3.03. The predicted molar refractivity (Wildman–Crippen MR) is 156 cm³/mol. The number of benzene rings is 3. The van der Waals surface area contributed by atoms with E-state index in [0.717, 1.165) is 17.3 Å². The van der Waals surface area contributed by atoms with Crippen molar-refractivity contribution in [3.63, 3.8) is 0 Å². The standard InChI is InChI=1S/C29H25N3O5S2/c1-17(18-9-5-4-6-10-18)32-28(35)26(39-29(32)38)25-20-11-7-8-12-22(20)31(27(25)34)16-24(33)30-21-14-13-19(36-2)15-23(21)37-3/h4-15,17H,16H2,1-3H3,(H,30,33)/b26-25-. The zero-order valence-electron chi connectivity index (χ0n) is 21.5. The molecule has 1 N–H and O–H groups in total. The molecule has 0 aromatic heterocycles. The fourth-order valence-electron chi connectivity index (χ4n) is 4.64. The van der Waals surface area contributed by atoms with Crippen LogP contribution in [-0.2, 0) is 14.4 Å². The number of ether oxygens (including phenoxy) is 2. The number of carbonyl (C=O) groups excluding carboxylic acids is 3. The van der Waals surface area contributed by atoms with Crippen molar-refractivity contribution in [3.05, 3.63) is 88.8 Å². The maximum absolute atomic E-state index is 13.8. The van der Waals surface area contributed by atoms with Crippen LogP contribution in [0.4, 0.5) is 11.4 Å². The second-order valence-electron chi connectivity index (χ2n) is 8.86. The minimum atomic E-state index is -0.430. The van der Waals surface area contributed by atoms with Crippen molar-refractivity contribution < 1.29 is 23.9 Å². The van der Waals surface area contributed by atoms with E-state index in [1.165, 1.54) is 19.1 Å². The summed E-state index contributed by atoms with van der Waals surface area (Å²) in [5.41, 5.74) is 2.77. The van der Waals surface area contributed by atoms with E-state index in [4.69, 9.17) is 21.7 Å². The molecule has 39 heavy (non-hydrogen) atoms. The van der Waals surface area contributed by atoms with E-state index in [1.54, 1.807) is 47.4 Å². The van der Waals surface area contributed by atoms with Crippen molar-refractivity contribution in [1.82, 2.24) is 4.90 Å². The summed E-state index contributed by atoms with van der Waals surface area (Å²) >= 11 is 6.69. The average Bonchev–Trinajstić information content (AvgIpc) is 3.39. The molecular formula is C29H25N3O5S2. The lowest BCUT2D eigenvalue weighted by molar-refractivity contribution is -0.123. The van der Waals surface area contributed by atoms with Crippen LogP contribution in [0.3, 0.4) is 0 Å². The summed E-state index contributed by atoms with van der Waals surface area (Å²) in [5.74, 6) is -0.174. The topological polar surface area (TPSA) is 88.2 Å². The number of hydrogen-bond acceptors (Lipinski definition) is 7. The number of methoxy groups -OCH3 is 2. The molecule has 0 bridgehead atoms. The van der Waals surface area contributed by atoms with Gasteiger partial charge < -0.3 is 14.8 Å². The Labute approximate surface area is 235 Å². The lowest BCUT2D eigenvalue weighted by Crippen LogP contribution is -2.36.